The fourth-order valence-corrected chi connectivity index (χ4v) is 3.89. The molecule has 1 unspecified atom stereocenters. The summed E-state index contributed by atoms with van der Waals surface area (Å²) in [5.41, 5.74) is 2.15. The highest BCUT2D eigenvalue weighted by atomic mass is 19.1. The Morgan fingerprint density at radius 1 is 1.09 bits per heavy atom. The van der Waals surface area contributed by atoms with Gasteiger partial charge in [-0.3, -0.25) is 9.59 Å². The summed E-state index contributed by atoms with van der Waals surface area (Å²) in [6, 6.07) is 4.44. The van der Waals surface area contributed by atoms with E-state index in [4.69, 9.17) is 9.47 Å². The van der Waals surface area contributed by atoms with Gasteiger partial charge in [0, 0.05) is 43.6 Å². The molecule has 0 radical (unpaired) electrons. The van der Waals surface area contributed by atoms with Crippen LogP contribution in [0.15, 0.2) is 24.3 Å². The number of amides is 1. The van der Waals surface area contributed by atoms with E-state index in [1.165, 1.54) is 29.2 Å². The molecule has 8 heteroatoms. The lowest BCUT2D eigenvalue weighted by Crippen LogP contribution is -2.44. The van der Waals surface area contributed by atoms with Crippen LogP contribution in [0.3, 0.4) is 0 Å². The van der Waals surface area contributed by atoms with Crippen molar-refractivity contribution >= 4 is 17.7 Å². The number of halogens is 1. The summed E-state index contributed by atoms with van der Waals surface area (Å²) in [6.45, 7) is 10.3. The predicted molar refractivity (Wildman–Crippen MR) is 123 cm³/mol. The van der Waals surface area contributed by atoms with E-state index in [-0.39, 0.29) is 18.3 Å². The summed E-state index contributed by atoms with van der Waals surface area (Å²) in [6.07, 6.45) is 0.541. The number of hydrogen-bond donors (Lipinski definition) is 0. The molecule has 1 atom stereocenters. The molecule has 2 rings (SSSR count). The van der Waals surface area contributed by atoms with Crippen LogP contribution in [0.5, 0.6) is 0 Å². The van der Waals surface area contributed by atoms with Crippen LogP contribution in [0.25, 0.3) is 0 Å². The summed E-state index contributed by atoms with van der Waals surface area (Å²) in [7, 11) is 1.71. The van der Waals surface area contributed by atoms with Crippen LogP contribution in [0.2, 0.25) is 0 Å². The molecule has 1 amide bonds. The van der Waals surface area contributed by atoms with Gasteiger partial charge in [0.15, 0.2) is 5.78 Å². The maximum absolute atomic E-state index is 13.6. The molecule has 0 saturated carbocycles. The van der Waals surface area contributed by atoms with Crippen LogP contribution >= 0.6 is 0 Å². The minimum Gasteiger partial charge on any atom is -0.461 e. The lowest BCUT2D eigenvalue weighted by molar-refractivity contribution is 0.0513. The molecule has 0 spiro atoms. The normalized spacial score (nSPS) is 11.8. The van der Waals surface area contributed by atoms with Gasteiger partial charge < -0.3 is 18.9 Å². The maximum atomic E-state index is 13.6. The Labute approximate surface area is 194 Å². The quantitative estimate of drug-likeness (QED) is 0.287. The first-order valence-electron chi connectivity index (χ1n) is 11.2. The average Bonchev–Trinajstić information content (AvgIpc) is 3.01. The topological polar surface area (TPSA) is 77.8 Å². The number of nitrogens with zero attached hydrogens (tertiary/aromatic N) is 2. The fraction of sp³-hybridized carbons (Fsp3) is 0.480. The number of aromatic nitrogens is 1. The predicted octanol–water partition coefficient (Wildman–Crippen LogP) is 4.10. The Kier molecular flexibility index (Phi) is 9.34. The third-order valence-corrected chi connectivity index (χ3v) is 5.74. The molecule has 0 saturated heterocycles. The average molecular weight is 461 g/mol. The van der Waals surface area contributed by atoms with Gasteiger partial charge in [-0.1, -0.05) is 0 Å². The van der Waals surface area contributed by atoms with E-state index in [0.717, 1.165) is 0 Å². The molecule has 2 aromatic rings. The van der Waals surface area contributed by atoms with E-state index in [2.05, 4.69) is 0 Å². The first kappa shape index (κ1) is 26.3. The van der Waals surface area contributed by atoms with Crippen molar-refractivity contribution in [2.24, 2.45) is 7.05 Å². The molecule has 0 aliphatic carbocycles. The van der Waals surface area contributed by atoms with E-state index in [0.29, 0.717) is 54.3 Å². The Bertz CT molecular complexity index is 997. The van der Waals surface area contributed by atoms with Gasteiger partial charge in [0.05, 0.1) is 12.6 Å². The lowest BCUT2D eigenvalue weighted by Gasteiger charge is -2.29. The SMILES string of the molecule is CCOCCCN(C(=O)c1ccc(F)cc1)C(C)C(=O)c1c(C)c(C(=O)OCC)n(C)c1C. The van der Waals surface area contributed by atoms with Crippen molar-refractivity contribution in [1.82, 2.24) is 9.47 Å². The molecule has 1 heterocycles. The van der Waals surface area contributed by atoms with Gasteiger partial charge in [-0.05, 0) is 70.9 Å². The van der Waals surface area contributed by atoms with Crippen molar-refractivity contribution in [3.63, 3.8) is 0 Å². The standard InChI is InChI=1S/C25H33FN2O5/c1-7-32-15-9-14-28(24(30)19-10-12-20(26)13-11-19)18(5)23(29)21-16(3)22(25(31)33-8-2)27(6)17(21)4/h10-13,18H,7-9,14-15H2,1-6H3. The number of ketones is 1. The monoisotopic (exact) mass is 460 g/mol. The van der Waals surface area contributed by atoms with Crippen molar-refractivity contribution in [1.29, 1.82) is 0 Å². The molecule has 0 fully saturated rings. The molecular formula is C25H33FN2O5. The first-order valence-corrected chi connectivity index (χ1v) is 11.2. The van der Waals surface area contributed by atoms with Gasteiger partial charge in [-0.15, -0.1) is 0 Å². The van der Waals surface area contributed by atoms with Gasteiger partial charge >= 0.3 is 5.97 Å². The van der Waals surface area contributed by atoms with Crippen LogP contribution in [0.4, 0.5) is 4.39 Å². The summed E-state index contributed by atoms with van der Waals surface area (Å²) in [5, 5.41) is 0. The van der Waals surface area contributed by atoms with Crippen molar-refractivity contribution in [3.05, 3.63) is 58.2 Å². The Hall–Kier alpha value is -3.00. The van der Waals surface area contributed by atoms with Crippen LogP contribution in [-0.2, 0) is 16.5 Å². The number of carbonyl (C=O) groups excluding carboxylic acids is 3. The van der Waals surface area contributed by atoms with Crippen molar-refractivity contribution < 1.29 is 28.2 Å². The number of carbonyl (C=O) groups is 3. The molecule has 1 aromatic heterocycles. The van der Waals surface area contributed by atoms with Gasteiger partial charge in [0.2, 0.25) is 0 Å². The van der Waals surface area contributed by atoms with Crippen LogP contribution in [0.1, 0.15) is 69.7 Å². The molecule has 180 valence electrons. The van der Waals surface area contributed by atoms with E-state index < -0.39 is 17.8 Å². The van der Waals surface area contributed by atoms with Gasteiger partial charge in [-0.2, -0.15) is 0 Å². The molecule has 0 aliphatic rings. The second kappa shape index (κ2) is 11.7. The number of ether oxygens (including phenoxy) is 2. The first-order chi connectivity index (χ1) is 15.6. The Morgan fingerprint density at radius 2 is 1.73 bits per heavy atom. The highest BCUT2D eigenvalue weighted by Gasteiger charge is 2.32. The summed E-state index contributed by atoms with van der Waals surface area (Å²) >= 11 is 0. The summed E-state index contributed by atoms with van der Waals surface area (Å²) in [4.78, 5) is 40.8. The zero-order valence-electron chi connectivity index (χ0n) is 20.2. The number of benzene rings is 1. The third-order valence-electron chi connectivity index (χ3n) is 5.74. The van der Waals surface area contributed by atoms with Gasteiger partial charge in [-0.25, -0.2) is 9.18 Å². The van der Waals surface area contributed by atoms with Gasteiger partial charge in [0.25, 0.3) is 5.91 Å². The number of Topliss-reactive ketones (excluding diaryl/α,β-unsaturated/α-hetero) is 1. The van der Waals surface area contributed by atoms with Gasteiger partial charge in [0.1, 0.15) is 11.5 Å². The Balaban J connectivity index is 2.40. The molecule has 7 nitrogen and oxygen atoms in total. The van der Waals surface area contributed by atoms with Crippen molar-refractivity contribution in [3.8, 4) is 0 Å². The largest absolute Gasteiger partial charge is 0.461 e. The van der Waals surface area contributed by atoms with E-state index in [1.807, 2.05) is 6.92 Å². The molecule has 0 aliphatic heterocycles. The Morgan fingerprint density at radius 3 is 2.30 bits per heavy atom. The third kappa shape index (κ3) is 5.87. The zero-order valence-corrected chi connectivity index (χ0v) is 20.2. The lowest BCUT2D eigenvalue weighted by atomic mass is 9.99. The van der Waals surface area contributed by atoms with Crippen LogP contribution < -0.4 is 0 Å². The van der Waals surface area contributed by atoms with Crippen molar-refractivity contribution in [2.45, 2.75) is 47.1 Å². The molecule has 33 heavy (non-hydrogen) atoms. The van der Waals surface area contributed by atoms with E-state index in [1.54, 1.807) is 39.3 Å². The fourth-order valence-electron chi connectivity index (χ4n) is 3.89. The van der Waals surface area contributed by atoms with E-state index >= 15 is 0 Å². The number of hydrogen-bond acceptors (Lipinski definition) is 5. The number of rotatable bonds is 11. The van der Waals surface area contributed by atoms with Crippen LogP contribution in [0, 0.1) is 19.7 Å². The molecule has 0 bridgehead atoms. The minimum absolute atomic E-state index is 0.224. The number of esters is 1. The van der Waals surface area contributed by atoms with E-state index in [9.17, 15) is 18.8 Å². The highest BCUT2D eigenvalue weighted by Crippen LogP contribution is 2.25. The highest BCUT2D eigenvalue weighted by molar-refractivity contribution is 6.07. The minimum atomic E-state index is -0.806. The maximum Gasteiger partial charge on any atom is 0.355 e. The second-order valence-corrected chi connectivity index (χ2v) is 7.81. The molecule has 0 N–H and O–H groups in total. The smallest absolute Gasteiger partial charge is 0.355 e. The summed E-state index contributed by atoms with van der Waals surface area (Å²) < 4.78 is 25.5. The van der Waals surface area contributed by atoms with Crippen molar-refractivity contribution in [2.75, 3.05) is 26.4 Å². The molecule has 1 aromatic carbocycles. The second-order valence-electron chi connectivity index (χ2n) is 7.81. The van der Waals surface area contributed by atoms with Crippen LogP contribution in [-0.4, -0.2) is 59.5 Å². The zero-order chi connectivity index (χ0) is 24.7. The molecular weight excluding hydrogens is 427 g/mol. The summed E-state index contributed by atoms with van der Waals surface area (Å²) in [5.74, 6) is -1.59.